The number of carboxylic acid groups (broad SMARTS) is 1. The Balaban J connectivity index is 2.72. The van der Waals surface area contributed by atoms with Crippen LogP contribution in [0.1, 0.15) is 19.4 Å². The molecule has 1 N–H and O–H groups in total. The number of carboxylic acids is 1. The number of nitrogens with zero attached hydrogens (tertiary/aromatic N) is 1. The molecule has 1 aromatic carbocycles. The molecule has 0 amide bonds. The fourth-order valence-electron chi connectivity index (χ4n) is 1.81. The maximum atomic E-state index is 10.8. The first-order valence-corrected chi connectivity index (χ1v) is 6.32. The van der Waals surface area contributed by atoms with Crippen molar-refractivity contribution in [2.45, 2.75) is 26.5 Å². The van der Waals surface area contributed by atoms with E-state index in [0.717, 1.165) is 11.3 Å². The topological polar surface area (TPSA) is 49.8 Å². The van der Waals surface area contributed by atoms with Crippen molar-refractivity contribution in [3.63, 3.8) is 0 Å². The Morgan fingerprint density at radius 1 is 1.53 bits per heavy atom. The van der Waals surface area contributed by atoms with Gasteiger partial charge >= 0.3 is 5.97 Å². The SMILES string of the molecule is C=CCN(CC(=O)O)Cc1cccc(OC(C)C)c1. The van der Waals surface area contributed by atoms with Crippen LogP contribution in [0.3, 0.4) is 0 Å². The second kappa shape index (κ2) is 7.59. The molecule has 0 fully saturated rings. The zero-order chi connectivity index (χ0) is 14.3. The Morgan fingerprint density at radius 2 is 2.26 bits per heavy atom. The zero-order valence-electron chi connectivity index (χ0n) is 11.5. The van der Waals surface area contributed by atoms with Gasteiger partial charge in [0.15, 0.2) is 0 Å². The molecule has 0 aromatic heterocycles. The van der Waals surface area contributed by atoms with E-state index in [4.69, 9.17) is 9.84 Å². The Labute approximate surface area is 114 Å². The number of rotatable bonds is 8. The van der Waals surface area contributed by atoms with Crippen molar-refractivity contribution in [3.05, 3.63) is 42.5 Å². The van der Waals surface area contributed by atoms with Crippen LogP contribution in [0.4, 0.5) is 0 Å². The maximum absolute atomic E-state index is 10.8. The van der Waals surface area contributed by atoms with Gasteiger partial charge in [-0.1, -0.05) is 18.2 Å². The van der Waals surface area contributed by atoms with Crippen LogP contribution in [-0.4, -0.2) is 35.2 Å². The highest BCUT2D eigenvalue weighted by atomic mass is 16.5. The number of benzene rings is 1. The Morgan fingerprint density at radius 3 is 2.84 bits per heavy atom. The zero-order valence-corrected chi connectivity index (χ0v) is 11.5. The quantitative estimate of drug-likeness (QED) is 0.732. The van der Waals surface area contributed by atoms with Crippen molar-refractivity contribution in [1.82, 2.24) is 4.90 Å². The summed E-state index contributed by atoms with van der Waals surface area (Å²) in [6, 6.07) is 7.72. The highest BCUT2D eigenvalue weighted by Gasteiger charge is 2.09. The first kappa shape index (κ1) is 15.2. The third kappa shape index (κ3) is 6.06. The predicted octanol–water partition coefficient (Wildman–Crippen LogP) is 2.55. The molecule has 0 saturated heterocycles. The summed E-state index contributed by atoms with van der Waals surface area (Å²) in [6.07, 6.45) is 1.83. The number of aliphatic carboxylic acids is 1. The van der Waals surface area contributed by atoms with Gasteiger partial charge in [0.1, 0.15) is 5.75 Å². The lowest BCUT2D eigenvalue weighted by Gasteiger charge is -2.19. The predicted molar refractivity (Wildman–Crippen MR) is 75.3 cm³/mol. The summed E-state index contributed by atoms with van der Waals surface area (Å²) in [4.78, 5) is 12.6. The van der Waals surface area contributed by atoms with Crippen LogP contribution in [0.25, 0.3) is 0 Å². The monoisotopic (exact) mass is 263 g/mol. The van der Waals surface area contributed by atoms with Gasteiger partial charge in [-0.3, -0.25) is 9.69 Å². The molecule has 1 aromatic rings. The van der Waals surface area contributed by atoms with Crippen molar-refractivity contribution >= 4 is 5.97 Å². The summed E-state index contributed by atoms with van der Waals surface area (Å²) in [5.41, 5.74) is 1.03. The summed E-state index contributed by atoms with van der Waals surface area (Å²) in [7, 11) is 0. The highest BCUT2D eigenvalue weighted by molar-refractivity contribution is 5.69. The van der Waals surface area contributed by atoms with Gasteiger partial charge in [-0.15, -0.1) is 6.58 Å². The van der Waals surface area contributed by atoms with Crippen LogP contribution in [0.2, 0.25) is 0 Å². The average Bonchev–Trinajstić information content (AvgIpc) is 2.27. The molecule has 4 heteroatoms. The van der Waals surface area contributed by atoms with Crippen LogP contribution >= 0.6 is 0 Å². The molecular formula is C15H21NO3. The van der Waals surface area contributed by atoms with Gasteiger partial charge in [-0.25, -0.2) is 0 Å². The van der Waals surface area contributed by atoms with Crippen LogP contribution in [0.15, 0.2) is 36.9 Å². The fourth-order valence-corrected chi connectivity index (χ4v) is 1.81. The van der Waals surface area contributed by atoms with Crippen LogP contribution < -0.4 is 4.74 Å². The van der Waals surface area contributed by atoms with Crippen molar-refractivity contribution in [2.75, 3.05) is 13.1 Å². The van der Waals surface area contributed by atoms with Gasteiger partial charge in [0.25, 0.3) is 0 Å². The summed E-state index contributed by atoms with van der Waals surface area (Å²) in [5.74, 6) is -0.0298. The summed E-state index contributed by atoms with van der Waals surface area (Å²) in [6.45, 7) is 8.70. The lowest BCUT2D eigenvalue weighted by molar-refractivity contribution is -0.138. The molecule has 0 heterocycles. The van der Waals surface area contributed by atoms with Gasteiger partial charge in [0.05, 0.1) is 12.6 Å². The number of hydrogen-bond donors (Lipinski definition) is 1. The normalized spacial score (nSPS) is 10.7. The fraction of sp³-hybridized carbons (Fsp3) is 0.400. The van der Waals surface area contributed by atoms with Gasteiger partial charge < -0.3 is 9.84 Å². The standard InChI is InChI=1S/C15H21NO3/c1-4-8-16(11-15(17)18)10-13-6-5-7-14(9-13)19-12(2)3/h4-7,9,12H,1,8,10-11H2,2-3H3,(H,17,18). The molecule has 0 saturated carbocycles. The largest absolute Gasteiger partial charge is 0.491 e. The van der Waals surface area contributed by atoms with E-state index in [1.807, 2.05) is 43.0 Å². The molecular weight excluding hydrogens is 242 g/mol. The van der Waals surface area contributed by atoms with Crippen molar-refractivity contribution < 1.29 is 14.6 Å². The van der Waals surface area contributed by atoms with E-state index < -0.39 is 5.97 Å². The summed E-state index contributed by atoms with van der Waals surface area (Å²) < 4.78 is 5.62. The second-order valence-corrected chi connectivity index (χ2v) is 4.67. The van der Waals surface area contributed by atoms with E-state index >= 15 is 0 Å². The van der Waals surface area contributed by atoms with E-state index in [2.05, 4.69) is 6.58 Å². The molecule has 4 nitrogen and oxygen atoms in total. The molecule has 104 valence electrons. The smallest absolute Gasteiger partial charge is 0.317 e. The molecule has 0 aliphatic heterocycles. The lowest BCUT2D eigenvalue weighted by Crippen LogP contribution is -2.29. The average molecular weight is 263 g/mol. The highest BCUT2D eigenvalue weighted by Crippen LogP contribution is 2.16. The number of ether oxygens (including phenoxy) is 1. The van der Waals surface area contributed by atoms with Crippen LogP contribution in [0, 0.1) is 0 Å². The molecule has 0 unspecified atom stereocenters. The van der Waals surface area contributed by atoms with Crippen LogP contribution in [0.5, 0.6) is 5.75 Å². The molecule has 0 radical (unpaired) electrons. The molecule has 0 aliphatic carbocycles. The molecule has 0 spiro atoms. The summed E-state index contributed by atoms with van der Waals surface area (Å²) >= 11 is 0. The Hall–Kier alpha value is -1.81. The van der Waals surface area contributed by atoms with E-state index in [-0.39, 0.29) is 12.6 Å². The number of carbonyl (C=O) groups is 1. The maximum Gasteiger partial charge on any atom is 0.317 e. The van der Waals surface area contributed by atoms with E-state index in [0.29, 0.717) is 13.1 Å². The van der Waals surface area contributed by atoms with Gasteiger partial charge in [-0.05, 0) is 31.5 Å². The lowest BCUT2D eigenvalue weighted by atomic mass is 10.2. The molecule has 1 rings (SSSR count). The minimum Gasteiger partial charge on any atom is -0.491 e. The first-order valence-electron chi connectivity index (χ1n) is 6.32. The number of hydrogen-bond acceptors (Lipinski definition) is 3. The molecule has 19 heavy (non-hydrogen) atoms. The third-order valence-corrected chi connectivity index (χ3v) is 2.42. The minimum absolute atomic E-state index is 0.00128. The first-order chi connectivity index (χ1) is 9.01. The molecule has 0 bridgehead atoms. The van der Waals surface area contributed by atoms with E-state index in [1.165, 1.54) is 0 Å². The van der Waals surface area contributed by atoms with Crippen molar-refractivity contribution in [1.29, 1.82) is 0 Å². The van der Waals surface area contributed by atoms with Gasteiger partial charge in [0, 0.05) is 13.1 Å². The summed E-state index contributed by atoms with van der Waals surface area (Å²) in [5, 5.41) is 8.86. The molecule has 0 atom stereocenters. The Bertz CT molecular complexity index is 429. The van der Waals surface area contributed by atoms with Crippen molar-refractivity contribution in [3.8, 4) is 5.75 Å². The Kier molecular flexibility index (Phi) is 6.09. The second-order valence-electron chi connectivity index (χ2n) is 4.67. The minimum atomic E-state index is -0.837. The van der Waals surface area contributed by atoms with E-state index in [9.17, 15) is 4.79 Å². The van der Waals surface area contributed by atoms with Crippen LogP contribution in [-0.2, 0) is 11.3 Å². The van der Waals surface area contributed by atoms with Gasteiger partial charge in [-0.2, -0.15) is 0 Å². The third-order valence-electron chi connectivity index (χ3n) is 2.42. The van der Waals surface area contributed by atoms with E-state index in [1.54, 1.807) is 6.08 Å². The molecule has 0 aliphatic rings. The van der Waals surface area contributed by atoms with Gasteiger partial charge in [0.2, 0.25) is 0 Å². The van der Waals surface area contributed by atoms with Crippen molar-refractivity contribution in [2.24, 2.45) is 0 Å².